The van der Waals surface area contributed by atoms with E-state index < -0.39 is 33.1 Å². The first kappa shape index (κ1) is 14.7. The summed E-state index contributed by atoms with van der Waals surface area (Å²) >= 11 is 0. The fourth-order valence-electron chi connectivity index (χ4n) is 1.85. The fraction of sp³-hybridized carbons (Fsp3) is 0.417. The average molecular weight is 304 g/mol. The Morgan fingerprint density at radius 2 is 2.15 bits per heavy atom. The minimum absolute atomic E-state index is 0.0259. The molecular weight excluding hydrogens is 291 g/mol. The van der Waals surface area contributed by atoms with Crippen LogP contribution < -0.4 is 9.47 Å². The molecular formula is C12H13FO6S. The molecule has 0 saturated carbocycles. The summed E-state index contributed by atoms with van der Waals surface area (Å²) in [6.07, 6.45) is -0.987. The van der Waals surface area contributed by atoms with E-state index >= 15 is 0 Å². The number of Topliss-reactive ketones (excluding diaryl/α,β-unsaturated/α-hetero) is 1. The number of hydrogen-bond acceptors (Lipinski definition) is 5. The van der Waals surface area contributed by atoms with Gasteiger partial charge in [0.05, 0.1) is 5.56 Å². The summed E-state index contributed by atoms with van der Waals surface area (Å²) in [5.74, 6) is -1.07. The van der Waals surface area contributed by atoms with Gasteiger partial charge < -0.3 is 9.47 Å². The highest BCUT2D eigenvalue weighted by molar-refractivity contribution is 7.86. The molecule has 0 saturated heterocycles. The van der Waals surface area contributed by atoms with E-state index in [2.05, 4.69) is 0 Å². The van der Waals surface area contributed by atoms with E-state index in [-0.39, 0.29) is 23.7 Å². The van der Waals surface area contributed by atoms with Crippen LogP contribution in [0.5, 0.6) is 11.5 Å². The van der Waals surface area contributed by atoms with Crippen molar-refractivity contribution in [3.05, 3.63) is 23.5 Å². The van der Waals surface area contributed by atoms with Crippen molar-refractivity contribution in [2.24, 2.45) is 0 Å². The molecule has 6 nitrogen and oxygen atoms in total. The lowest BCUT2D eigenvalue weighted by atomic mass is 10.1. The number of ketones is 1. The Kier molecular flexibility index (Phi) is 3.70. The van der Waals surface area contributed by atoms with Crippen LogP contribution in [0.25, 0.3) is 0 Å². The minimum atomic E-state index is -4.31. The fourth-order valence-corrected chi connectivity index (χ4v) is 2.37. The smallest absolute Gasteiger partial charge is 0.271 e. The molecule has 1 aliphatic rings. The highest BCUT2D eigenvalue weighted by Gasteiger charge is 2.35. The van der Waals surface area contributed by atoms with Crippen LogP contribution in [0.3, 0.4) is 0 Å². The van der Waals surface area contributed by atoms with Gasteiger partial charge >= 0.3 is 0 Å². The minimum Gasteiger partial charge on any atom is -0.485 e. The van der Waals surface area contributed by atoms with Gasteiger partial charge in [-0.1, -0.05) is 0 Å². The van der Waals surface area contributed by atoms with E-state index in [0.717, 1.165) is 12.1 Å². The monoisotopic (exact) mass is 304 g/mol. The second-order valence-corrected chi connectivity index (χ2v) is 6.30. The zero-order valence-corrected chi connectivity index (χ0v) is 11.6. The van der Waals surface area contributed by atoms with Crippen molar-refractivity contribution in [2.45, 2.75) is 25.2 Å². The lowest BCUT2D eigenvalue weighted by Gasteiger charge is -2.30. The molecule has 0 amide bonds. The number of carbonyl (C=O) groups is 1. The number of carbonyl (C=O) groups excluding carboxylic acids is 1. The van der Waals surface area contributed by atoms with E-state index in [1.165, 1.54) is 13.8 Å². The zero-order valence-electron chi connectivity index (χ0n) is 10.8. The van der Waals surface area contributed by atoms with Crippen molar-refractivity contribution >= 4 is 15.9 Å². The molecule has 1 aromatic carbocycles. The molecule has 0 aliphatic carbocycles. The van der Waals surface area contributed by atoms with Gasteiger partial charge in [0, 0.05) is 6.07 Å². The quantitative estimate of drug-likeness (QED) is 0.671. The summed E-state index contributed by atoms with van der Waals surface area (Å²) in [4.78, 5) is 11.4. The summed E-state index contributed by atoms with van der Waals surface area (Å²) < 4.78 is 55.2. The van der Waals surface area contributed by atoms with Gasteiger partial charge in [-0.15, -0.1) is 0 Å². The van der Waals surface area contributed by atoms with Gasteiger partial charge in [0.15, 0.2) is 23.4 Å². The van der Waals surface area contributed by atoms with Crippen LogP contribution in [0.2, 0.25) is 0 Å². The molecule has 1 N–H and O–H groups in total. The first-order chi connectivity index (χ1) is 9.20. The number of benzene rings is 1. The third kappa shape index (κ3) is 2.75. The van der Waals surface area contributed by atoms with E-state index in [9.17, 15) is 17.6 Å². The number of ether oxygens (including phenoxy) is 2. The van der Waals surface area contributed by atoms with Crippen LogP contribution >= 0.6 is 0 Å². The molecule has 0 fully saturated rings. The summed E-state index contributed by atoms with van der Waals surface area (Å²) in [5, 5.41) is -1.24. The predicted octanol–water partition coefficient (Wildman–Crippen LogP) is 1.44. The molecule has 2 rings (SSSR count). The predicted molar refractivity (Wildman–Crippen MR) is 67.3 cm³/mol. The molecule has 8 heteroatoms. The maximum absolute atomic E-state index is 13.4. The Hall–Kier alpha value is -1.67. The highest BCUT2D eigenvalue weighted by Crippen LogP contribution is 2.37. The van der Waals surface area contributed by atoms with Crippen LogP contribution in [-0.2, 0) is 10.1 Å². The molecule has 0 spiro atoms. The van der Waals surface area contributed by atoms with Gasteiger partial charge in [-0.25, -0.2) is 4.39 Å². The number of fused-ring (bicyclic) bond motifs is 1. The summed E-state index contributed by atoms with van der Waals surface area (Å²) in [6.45, 7) is 2.34. The lowest BCUT2D eigenvalue weighted by molar-refractivity contribution is 0.0841. The van der Waals surface area contributed by atoms with E-state index in [4.69, 9.17) is 14.0 Å². The second kappa shape index (κ2) is 5.02. The maximum atomic E-state index is 13.4. The molecule has 0 radical (unpaired) electrons. The Bertz CT molecular complexity index is 654. The first-order valence-electron chi connectivity index (χ1n) is 5.80. The first-order valence-corrected chi connectivity index (χ1v) is 7.30. The molecule has 1 unspecified atom stereocenters. The molecule has 110 valence electrons. The molecule has 0 bridgehead atoms. The Morgan fingerprint density at radius 3 is 2.70 bits per heavy atom. The zero-order chi connectivity index (χ0) is 15.1. The van der Waals surface area contributed by atoms with Crippen molar-refractivity contribution in [1.29, 1.82) is 0 Å². The van der Waals surface area contributed by atoms with Crippen LogP contribution in [0.4, 0.5) is 4.39 Å². The summed E-state index contributed by atoms with van der Waals surface area (Å²) in [5.41, 5.74) is 0.0259. The molecule has 0 aromatic heterocycles. The van der Waals surface area contributed by atoms with Crippen molar-refractivity contribution in [3.63, 3.8) is 0 Å². The van der Waals surface area contributed by atoms with E-state index in [0.29, 0.717) is 0 Å². The standard InChI is InChI=1S/C12H13FO6S/c1-6(14)9-3-8(13)4-10-12(9)18-5-11(19-10)7(2)20(15,16)17/h3-4,7,11H,5H2,1-2H3,(H,15,16,17)/t7?,11-/m1/s1. The Balaban J connectivity index is 2.38. The van der Waals surface area contributed by atoms with Crippen LogP contribution in [0.15, 0.2) is 12.1 Å². The number of hydrogen-bond donors (Lipinski definition) is 1. The third-order valence-corrected chi connectivity index (χ3v) is 4.31. The van der Waals surface area contributed by atoms with Crippen molar-refractivity contribution in [1.82, 2.24) is 0 Å². The average Bonchev–Trinajstić information content (AvgIpc) is 2.34. The van der Waals surface area contributed by atoms with E-state index in [1.54, 1.807) is 0 Å². The van der Waals surface area contributed by atoms with E-state index in [1.807, 2.05) is 0 Å². The SMILES string of the molecule is CC(=O)c1cc(F)cc2c1OC[C@H](C(C)S(=O)(=O)O)O2. The largest absolute Gasteiger partial charge is 0.485 e. The maximum Gasteiger partial charge on any atom is 0.271 e. The van der Waals surface area contributed by atoms with Gasteiger partial charge in [0.1, 0.15) is 17.7 Å². The third-order valence-electron chi connectivity index (χ3n) is 3.06. The van der Waals surface area contributed by atoms with Crippen LogP contribution in [0.1, 0.15) is 24.2 Å². The molecule has 1 heterocycles. The highest BCUT2D eigenvalue weighted by atomic mass is 32.2. The molecule has 1 aliphatic heterocycles. The Labute approximate surface area is 115 Å². The molecule has 20 heavy (non-hydrogen) atoms. The van der Waals surface area contributed by atoms with Gasteiger partial charge in [-0.3, -0.25) is 9.35 Å². The van der Waals surface area contributed by atoms with Crippen molar-refractivity contribution in [3.8, 4) is 11.5 Å². The normalized spacial score (nSPS) is 19.5. The van der Waals surface area contributed by atoms with Crippen LogP contribution in [0, 0.1) is 5.82 Å². The van der Waals surface area contributed by atoms with Gasteiger partial charge in [-0.2, -0.15) is 8.42 Å². The Morgan fingerprint density at radius 1 is 1.50 bits per heavy atom. The molecule has 1 aromatic rings. The van der Waals surface area contributed by atoms with Gasteiger partial charge in [-0.05, 0) is 19.9 Å². The van der Waals surface area contributed by atoms with Gasteiger partial charge in [0.25, 0.3) is 10.1 Å². The van der Waals surface area contributed by atoms with Gasteiger partial charge in [0.2, 0.25) is 0 Å². The molecule has 2 atom stereocenters. The lowest BCUT2D eigenvalue weighted by Crippen LogP contribution is -2.42. The second-order valence-electron chi connectivity index (χ2n) is 4.52. The van der Waals surface area contributed by atoms with Crippen molar-refractivity contribution in [2.75, 3.05) is 6.61 Å². The summed E-state index contributed by atoms with van der Waals surface area (Å²) in [6, 6.07) is 2.03. The number of rotatable bonds is 3. The summed E-state index contributed by atoms with van der Waals surface area (Å²) in [7, 11) is -4.31. The topological polar surface area (TPSA) is 89.9 Å². The number of halogens is 1. The van der Waals surface area contributed by atoms with Crippen molar-refractivity contribution < 1.29 is 31.6 Å². The van der Waals surface area contributed by atoms with Crippen LogP contribution in [-0.4, -0.2) is 36.7 Å².